The Labute approximate surface area is 128 Å². The van der Waals surface area contributed by atoms with Crippen molar-refractivity contribution in [2.75, 3.05) is 10.8 Å². The molecule has 0 unspecified atom stereocenters. The Bertz CT molecular complexity index is 774. The van der Waals surface area contributed by atoms with Gasteiger partial charge in [0.25, 0.3) is 10.0 Å². The summed E-state index contributed by atoms with van der Waals surface area (Å²) in [7, 11) is -4.08. The molecular weight excluding hydrogens is 308 g/mol. The molecule has 1 aromatic carbocycles. The van der Waals surface area contributed by atoms with Crippen LogP contribution in [0.3, 0.4) is 0 Å². The molecule has 22 heavy (non-hydrogen) atoms. The molecule has 0 fully saturated rings. The molecule has 1 N–H and O–H groups in total. The molecule has 1 heterocycles. The highest BCUT2D eigenvalue weighted by atomic mass is 32.2. The number of anilines is 1. The fourth-order valence-electron chi connectivity index (χ4n) is 2.10. The van der Waals surface area contributed by atoms with Gasteiger partial charge >= 0.3 is 5.97 Å². The predicted octanol–water partition coefficient (Wildman–Crippen LogP) is 1.88. The monoisotopic (exact) mass is 324 g/mol. The number of aliphatic carboxylic acids is 1. The predicted molar refractivity (Wildman–Crippen MR) is 79.3 cm³/mol. The van der Waals surface area contributed by atoms with E-state index in [4.69, 9.17) is 9.63 Å². The van der Waals surface area contributed by atoms with Crippen LogP contribution in [-0.2, 0) is 14.8 Å². The summed E-state index contributed by atoms with van der Waals surface area (Å²) in [6, 6.07) is 6.56. The third kappa shape index (κ3) is 2.96. The maximum atomic E-state index is 12.8. The van der Waals surface area contributed by atoms with E-state index in [-0.39, 0.29) is 22.0 Å². The third-order valence-electron chi connectivity index (χ3n) is 3.12. The van der Waals surface area contributed by atoms with Gasteiger partial charge in [-0.3, -0.25) is 9.10 Å². The van der Waals surface area contributed by atoms with E-state index in [1.807, 2.05) is 6.92 Å². The van der Waals surface area contributed by atoms with E-state index in [1.54, 1.807) is 24.3 Å². The second-order valence-electron chi connectivity index (χ2n) is 4.89. The molecule has 0 saturated heterocycles. The van der Waals surface area contributed by atoms with Crippen LogP contribution in [0, 0.1) is 20.8 Å². The van der Waals surface area contributed by atoms with E-state index in [0.717, 1.165) is 9.87 Å². The smallest absolute Gasteiger partial charge is 0.324 e. The number of sulfonamides is 1. The first-order valence-corrected chi connectivity index (χ1v) is 7.91. The highest BCUT2D eigenvalue weighted by Crippen LogP contribution is 2.27. The Morgan fingerprint density at radius 3 is 2.27 bits per heavy atom. The molecule has 0 aliphatic rings. The largest absolute Gasteiger partial charge is 0.480 e. The Balaban J connectivity index is 2.58. The van der Waals surface area contributed by atoms with Gasteiger partial charge in [-0.1, -0.05) is 22.9 Å². The number of carboxylic acid groups (broad SMARTS) is 1. The number of hydrogen-bond donors (Lipinski definition) is 1. The second-order valence-corrected chi connectivity index (χ2v) is 6.69. The minimum Gasteiger partial charge on any atom is -0.480 e. The van der Waals surface area contributed by atoms with Crippen LogP contribution >= 0.6 is 0 Å². The molecule has 2 aromatic rings. The fraction of sp³-hybridized carbons (Fsp3) is 0.286. The highest BCUT2D eigenvalue weighted by Gasteiger charge is 2.32. The van der Waals surface area contributed by atoms with Gasteiger partial charge in [0, 0.05) is 0 Å². The Morgan fingerprint density at radius 1 is 1.23 bits per heavy atom. The molecule has 8 heteroatoms. The SMILES string of the molecule is Cc1ccc(N(CC(=O)O)S(=O)(=O)c2c(C)noc2C)cc1. The summed E-state index contributed by atoms with van der Waals surface area (Å²) in [6.07, 6.45) is 0. The summed E-state index contributed by atoms with van der Waals surface area (Å²) in [4.78, 5) is 11.0. The molecule has 0 spiro atoms. The number of hydrogen-bond acceptors (Lipinski definition) is 5. The van der Waals surface area contributed by atoms with Crippen LogP contribution < -0.4 is 4.31 Å². The van der Waals surface area contributed by atoms with Gasteiger partial charge in [-0.05, 0) is 32.9 Å². The molecule has 0 amide bonds. The van der Waals surface area contributed by atoms with Crippen LogP contribution in [-0.4, -0.2) is 31.2 Å². The number of aryl methyl sites for hydroxylation is 3. The zero-order chi connectivity index (χ0) is 16.5. The molecule has 0 bridgehead atoms. The van der Waals surface area contributed by atoms with E-state index in [2.05, 4.69) is 5.16 Å². The first-order chi connectivity index (χ1) is 10.2. The lowest BCUT2D eigenvalue weighted by Crippen LogP contribution is -2.36. The van der Waals surface area contributed by atoms with Crippen LogP contribution in [0.5, 0.6) is 0 Å². The van der Waals surface area contributed by atoms with Crippen molar-refractivity contribution in [3.8, 4) is 0 Å². The number of carboxylic acids is 1. The summed E-state index contributed by atoms with van der Waals surface area (Å²) in [5, 5.41) is 12.7. The number of aromatic nitrogens is 1. The molecule has 0 saturated carbocycles. The maximum Gasteiger partial charge on any atom is 0.324 e. The van der Waals surface area contributed by atoms with Gasteiger partial charge < -0.3 is 9.63 Å². The van der Waals surface area contributed by atoms with E-state index >= 15 is 0 Å². The molecule has 118 valence electrons. The summed E-state index contributed by atoms with van der Waals surface area (Å²) in [6.45, 7) is 4.14. The first-order valence-electron chi connectivity index (χ1n) is 6.47. The molecule has 0 aliphatic carbocycles. The average Bonchev–Trinajstić information content (AvgIpc) is 2.77. The van der Waals surface area contributed by atoms with Crippen molar-refractivity contribution in [1.82, 2.24) is 5.16 Å². The second kappa shape index (κ2) is 5.80. The van der Waals surface area contributed by atoms with Crippen molar-refractivity contribution in [2.24, 2.45) is 0 Å². The summed E-state index contributed by atoms with van der Waals surface area (Å²) in [5.74, 6) is -1.13. The number of benzene rings is 1. The van der Waals surface area contributed by atoms with Gasteiger partial charge in [0.2, 0.25) is 0 Å². The van der Waals surface area contributed by atoms with Crippen LogP contribution in [0.2, 0.25) is 0 Å². The minimum absolute atomic E-state index is 0.102. The van der Waals surface area contributed by atoms with Gasteiger partial charge in [0.15, 0.2) is 10.7 Å². The van der Waals surface area contributed by atoms with E-state index < -0.39 is 22.5 Å². The molecule has 1 aromatic heterocycles. The summed E-state index contributed by atoms with van der Waals surface area (Å²) >= 11 is 0. The van der Waals surface area contributed by atoms with Crippen molar-refractivity contribution in [1.29, 1.82) is 0 Å². The average molecular weight is 324 g/mol. The minimum atomic E-state index is -4.08. The van der Waals surface area contributed by atoms with Gasteiger partial charge in [0.1, 0.15) is 12.2 Å². The maximum absolute atomic E-state index is 12.8. The van der Waals surface area contributed by atoms with Gasteiger partial charge in [-0.2, -0.15) is 0 Å². The van der Waals surface area contributed by atoms with Crippen LogP contribution in [0.1, 0.15) is 17.0 Å². The van der Waals surface area contributed by atoms with Crippen LogP contribution in [0.25, 0.3) is 0 Å². The lowest BCUT2D eigenvalue weighted by Gasteiger charge is -2.22. The fourth-order valence-corrected chi connectivity index (χ4v) is 3.81. The zero-order valence-corrected chi connectivity index (χ0v) is 13.2. The lowest BCUT2D eigenvalue weighted by atomic mass is 10.2. The van der Waals surface area contributed by atoms with E-state index in [1.165, 1.54) is 13.8 Å². The van der Waals surface area contributed by atoms with Crippen molar-refractivity contribution < 1.29 is 22.8 Å². The molecule has 2 rings (SSSR count). The summed E-state index contributed by atoms with van der Waals surface area (Å²) in [5.41, 5.74) is 1.40. The zero-order valence-electron chi connectivity index (χ0n) is 12.4. The Morgan fingerprint density at radius 2 is 1.82 bits per heavy atom. The normalized spacial score (nSPS) is 11.4. The quantitative estimate of drug-likeness (QED) is 0.901. The molecule has 0 aliphatic heterocycles. The van der Waals surface area contributed by atoms with Gasteiger partial charge in [-0.25, -0.2) is 8.42 Å². The topological polar surface area (TPSA) is 101 Å². The Hall–Kier alpha value is -2.35. The molecule has 0 atom stereocenters. The molecule has 7 nitrogen and oxygen atoms in total. The van der Waals surface area contributed by atoms with Crippen LogP contribution in [0.4, 0.5) is 5.69 Å². The van der Waals surface area contributed by atoms with Crippen molar-refractivity contribution in [3.05, 3.63) is 41.3 Å². The third-order valence-corrected chi connectivity index (χ3v) is 5.14. The van der Waals surface area contributed by atoms with Gasteiger partial charge in [-0.15, -0.1) is 0 Å². The number of carbonyl (C=O) groups is 1. The van der Waals surface area contributed by atoms with Crippen LogP contribution in [0.15, 0.2) is 33.7 Å². The summed E-state index contributed by atoms with van der Waals surface area (Å²) < 4.78 is 31.4. The lowest BCUT2D eigenvalue weighted by molar-refractivity contribution is -0.135. The standard InChI is InChI=1S/C14H16N2O5S/c1-9-4-6-12(7-5-9)16(8-13(17)18)22(19,20)14-10(2)15-21-11(14)3/h4-7H,8H2,1-3H3,(H,17,18). The number of nitrogens with zero attached hydrogens (tertiary/aromatic N) is 2. The van der Waals surface area contributed by atoms with E-state index in [0.29, 0.717) is 0 Å². The molecular formula is C14H16N2O5S. The van der Waals surface area contributed by atoms with Crippen molar-refractivity contribution in [2.45, 2.75) is 25.7 Å². The van der Waals surface area contributed by atoms with E-state index in [9.17, 15) is 13.2 Å². The number of rotatable bonds is 5. The molecule has 0 radical (unpaired) electrons. The van der Waals surface area contributed by atoms with Crippen molar-refractivity contribution >= 4 is 21.7 Å². The van der Waals surface area contributed by atoms with Crippen molar-refractivity contribution in [3.63, 3.8) is 0 Å². The first kappa shape index (κ1) is 16.0. The van der Waals surface area contributed by atoms with Gasteiger partial charge in [0.05, 0.1) is 5.69 Å². The highest BCUT2D eigenvalue weighted by molar-refractivity contribution is 7.93. The Kier molecular flexibility index (Phi) is 4.23.